The fraction of sp³-hybridized carbons (Fsp3) is 0.600. The molecule has 0 aliphatic rings. The van der Waals surface area contributed by atoms with Crippen LogP contribution in [0, 0.1) is 10.1 Å². The van der Waals surface area contributed by atoms with Crippen LogP contribution < -0.4 is 5.32 Å². The molecule has 1 rings (SSSR count). The van der Waals surface area contributed by atoms with Crippen molar-refractivity contribution in [3.8, 4) is 0 Å². The van der Waals surface area contributed by atoms with Crippen molar-refractivity contribution < 1.29 is 4.92 Å². The van der Waals surface area contributed by atoms with Gasteiger partial charge in [0.05, 0.1) is 5.69 Å². The van der Waals surface area contributed by atoms with Crippen LogP contribution in [0.25, 0.3) is 0 Å². The first kappa shape index (κ1) is 14.9. The van der Waals surface area contributed by atoms with E-state index in [1.165, 1.54) is 11.5 Å². The van der Waals surface area contributed by atoms with E-state index in [0.717, 1.165) is 23.6 Å². The Morgan fingerprint density at radius 1 is 1.72 bits per heavy atom. The van der Waals surface area contributed by atoms with Crippen LogP contribution in [-0.4, -0.2) is 41.0 Å². The van der Waals surface area contributed by atoms with Crippen LogP contribution in [0.2, 0.25) is 0 Å². The zero-order valence-electron chi connectivity index (χ0n) is 10.2. The molecule has 0 saturated carbocycles. The smallest absolute Gasteiger partial charge is 0.259 e. The summed E-state index contributed by atoms with van der Waals surface area (Å²) < 4.78 is 4.22. The van der Waals surface area contributed by atoms with Gasteiger partial charge < -0.3 is 5.32 Å². The Morgan fingerprint density at radius 3 is 3.17 bits per heavy atom. The maximum Gasteiger partial charge on any atom is 0.259 e. The third-order valence-corrected chi connectivity index (χ3v) is 3.76. The zero-order valence-corrected chi connectivity index (χ0v) is 11.8. The van der Waals surface area contributed by atoms with Crippen LogP contribution in [-0.2, 0) is 5.75 Å². The van der Waals surface area contributed by atoms with Crippen molar-refractivity contribution in [1.82, 2.24) is 9.69 Å². The highest BCUT2D eigenvalue weighted by molar-refractivity contribution is 7.98. The molecule has 1 aromatic heterocycles. The van der Waals surface area contributed by atoms with E-state index in [9.17, 15) is 10.1 Å². The molecule has 1 aromatic rings. The van der Waals surface area contributed by atoms with Gasteiger partial charge in [-0.05, 0) is 29.8 Å². The number of nitrogens with one attached hydrogen (secondary N) is 1. The van der Waals surface area contributed by atoms with E-state index in [0.29, 0.717) is 12.4 Å². The molecule has 0 aliphatic carbocycles. The average Bonchev–Trinajstić information content (AvgIpc) is 2.84. The van der Waals surface area contributed by atoms with Gasteiger partial charge >= 0.3 is 0 Å². The van der Waals surface area contributed by atoms with Gasteiger partial charge in [-0.2, -0.15) is 16.1 Å². The number of aromatic nitrogens is 1. The summed E-state index contributed by atoms with van der Waals surface area (Å²) in [6.45, 7) is 0.479. The van der Waals surface area contributed by atoms with Gasteiger partial charge in [0, 0.05) is 29.6 Å². The third-order valence-electron chi connectivity index (χ3n) is 2.08. The molecule has 0 saturated heterocycles. The summed E-state index contributed by atoms with van der Waals surface area (Å²) in [4.78, 5) is 13.8. The predicted octanol–water partition coefficient (Wildman–Crippen LogP) is 1.66. The van der Waals surface area contributed by atoms with E-state index in [1.807, 2.05) is 23.2 Å². The Balaban J connectivity index is 2.02. The topological polar surface area (TPSA) is 80.4 Å². The van der Waals surface area contributed by atoms with E-state index in [2.05, 4.69) is 14.7 Å². The Hall–Kier alpha value is -1.15. The monoisotopic (exact) mass is 288 g/mol. The standard InChI is InChI=1S/C10H16N4O2S2/c1-11-10(7-14(15)16)12-4-2-5-17-8-9-3-6-18-13-9/h3,6H,2,4-5,7-8H2,1H3,(H,11,12). The number of rotatable bonds is 8. The molecule has 0 fully saturated rings. The molecule has 0 spiro atoms. The Labute approximate surface area is 114 Å². The van der Waals surface area contributed by atoms with E-state index >= 15 is 0 Å². The lowest BCUT2D eigenvalue weighted by molar-refractivity contribution is -0.463. The molecule has 0 unspecified atom stereocenters. The van der Waals surface area contributed by atoms with Crippen molar-refractivity contribution in [1.29, 1.82) is 0 Å². The number of nitro groups is 1. The lowest BCUT2D eigenvalue weighted by Gasteiger charge is -2.05. The lowest BCUT2D eigenvalue weighted by atomic mass is 10.4. The van der Waals surface area contributed by atoms with Crippen LogP contribution in [0.15, 0.2) is 16.4 Å². The highest BCUT2D eigenvalue weighted by atomic mass is 32.2. The van der Waals surface area contributed by atoms with Crippen LogP contribution in [0.4, 0.5) is 0 Å². The molecule has 0 radical (unpaired) electrons. The minimum Gasteiger partial charge on any atom is -0.368 e. The van der Waals surface area contributed by atoms with Crippen molar-refractivity contribution in [2.24, 2.45) is 4.99 Å². The number of hydrogen-bond donors (Lipinski definition) is 1. The summed E-state index contributed by atoms with van der Waals surface area (Å²) >= 11 is 3.28. The SMILES string of the molecule is CN=C(C[N+](=O)[O-])NCCCSCc1ccsn1. The quantitative estimate of drug-likeness (QED) is 0.259. The van der Waals surface area contributed by atoms with Gasteiger partial charge in [0.15, 0.2) is 5.84 Å². The first-order chi connectivity index (χ1) is 8.72. The number of hydrogen-bond acceptors (Lipinski definition) is 6. The number of thioether (sulfide) groups is 1. The highest BCUT2D eigenvalue weighted by Crippen LogP contribution is 2.12. The maximum atomic E-state index is 10.3. The van der Waals surface area contributed by atoms with E-state index in [1.54, 1.807) is 7.05 Å². The first-order valence-corrected chi connectivity index (χ1v) is 7.50. The normalized spacial score (nSPS) is 11.5. The van der Waals surface area contributed by atoms with Crippen molar-refractivity contribution >= 4 is 29.1 Å². The van der Waals surface area contributed by atoms with Crippen LogP contribution in [0.3, 0.4) is 0 Å². The van der Waals surface area contributed by atoms with Gasteiger partial charge in [-0.15, -0.1) is 0 Å². The second-order valence-corrected chi connectivity index (χ2v) is 5.26. The van der Waals surface area contributed by atoms with Gasteiger partial charge in [-0.1, -0.05) is 0 Å². The molecule has 0 bridgehead atoms. The second-order valence-electron chi connectivity index (χ2n) is 3.48. The molecule has 0 amide bonds. The largest absolute Gasteiger partial charge is 0.368 e. The molecule has 6 nitrogen and oxygen atoms in total. The van der Waals surface area contributed by atoms with Gasteiger partial charge in [0.1, 0.15) is 0 Å². The summed E-state index contributed by atoms with van der Waals surface area (Å²) in [5.41, 5.74) is 1.11. The van der Waals surface area contributed by atoms with Crippen molar-refractivity contribution in [2.75, 3.05) is 25.9 Å². The summed E-state index contributed by atoms with van der Waals surface area (Å²) in [5, 5.41) is 15.3. The molecular formula is C10H16N4O2S2. The number of nitrogens with zero attached hydrogens (tertiary/aromatic N) is 3. The van der Waals surface area contributed by atoms with Gasteiger partial charge in [0.2, 0.25) is 0 Å². The Kier molecular flexibility index (Phi) is 7.35. The molecule has 0 atom stereocenters. The molecule has 0 aromatic carbocycles. The molecule has 8 heteroatoms. The van der Waals surface area contributed by atoms with E-state index < -0.39 is 0 Å². The fourth-order valence-corrected chi connectivity index (χ4v) is 2.71. The highest BCUT2D eigenvalue weighted by Gasteiger charge is 2.04. The first-order valence-electron chi connectivity index (χ1n) is 5.50. The summed E-state index contributed by atoms with van der Waals surface area (Å²) in [6, 6.07) is 2.02. The molecular weight excluding hydrogens is 272 g/mol. The number of amidine groups is 1. The Morgan fingerprint density at radius 2 is 2.56 bits per heavy atom. The lowest BCUT2D eigenvalue weighted by Crippen LogP contribution is -2.31. The van der Waals surface area contributed by atoms with Crippen molar-refractivity contribution in [3.05, 3.63) is 27.3 Å². The Bertz CT molecular complexity index is 381. The van der Waals surface area contributed by atoms with Crippen molar-refractivity contribution in [2.45, 2.75) is 12.2 Å². The molecule has 18 heavy (non-hydrogen) atoms. The summed E-state index contributed by atoms with van der Waals surface area (Å²) in [6.07, 6.45) is 0.950. The molecule has 100 valence electrons. The fourth-order valence-electron chi connectivity index (χ4n) is 1.22. The van der Waals surface area contributed by atoms with Gasteiger partial charge in [0.25, 0.3) is 6.54 Å². The van der Waals surface area contributed by atoms with E-state index in [-0.39, 0.29) is 11.5 Å². The molecule has 0 aliphatic heterocycles. The molecule has 1 N–H and O–H groups in total. The van der Waals surface area contributed by atoms with Crippen LogP contribution in [0.1, 0.15) is 12.1 Å². The third kappa shape index (κ3) is 6.55. The maximum absolute atomic E-state index is 10.3. The molecule has 1 heterocycles. The van der Waals surface area contributed by atoms with Crippen molar-refractivity contribution in [3.63, 3.8) is 0 Å². The summed E-state index contributed by atoms with van der Waals surface area (Å²) in [5.74, 6) is 2.36. The second kappa shape index (κ2) is 8.87. The zero-order chi connectivity index (χ0) is 13.2. The minimum absolute atomic E-state index is 0.234. The van der Waals surface area contributed by atoms with Crippen LogP contribution in [0.5, 0.6) is 0 Å². The van der Waals surface area contributed by atoms with Gasteiger partial charge in [-0.25, -0.2) is 0 Å². The van der Waals surface area contributed by atoms with E-state index in [4.69, 9.17) is 0 Å². The average molecular weight is 288 g/mol. The summed E-state index contributed by atoms with van der Waals surface area (Å²) in [7, 11) is 1.56. The van der Waals surface area contributed by atoms with Gasteiger partial charge in [-0.3, -0.25) is 15.1 Å². The van der Waals surface area contributed by atoms with Crippen LogP contribution >= 0.6 is 23.3 Å². The predicted molar refractivity (Wildman–Crippen MR) is 76.1 cm³/mol. The minimum atomic E-state index is -0.383. The number of aliphatic imine (C=N–C) groups is 1.